The van der Waals surface area contributed by atoms with Gasteiger partial charge in [0.15, 0.2) is 0 Å². The number of carbonyl (C=O) groups is 2. The molecule has 4 heterocycles. The van der Waals surface area contributed by atoms with Crippen LogP contribution in [0.4, 0.5) is 14.8 Å². The zero-order valence-corrected chi connectivity index (χ0v) is 15.9. The van der Waals surface area contributed by atoms with Crippen LogP contribution >= 0.6 is 22.7 Å². The summed E-state index contributed by atoms with van der Waals surface area (Å²) in [6.07, 6.45) is -0.273. The molecule has 0 fully saturated rings. The number of nitrogens with zero attached hydrogens (tertiary/aromatic N) is 2. The van der Waals surface area contributed by atoms with Gasteiger partial charge in [-0.25, -0.2) is 4.79 Å². The summed E-state index contributed by atoms with van der Waals surface area (Å²) >= 11 is 2.47. The molecule has 11 heteroatoms. The number of rotatable bonds is 3. The molecule has 9 nitrogen and oxygen atoms in total. The molecule has 0 bridgehead atoms. The molecule has 27 heavy (non-hydrogen) atoms. The van der Waals surface area contributed by atoms with Crippen LogP contribution in [0.2, 0.25) is 0 Å². The number of anilines is 1. The number of ether oxygens (including phenoxy) is 1. The molecule has 2 amide bonds. The molecule has 0 saturated carbocycles. The van der Waals surface area contributed by atoms with Crippen molar-refractivity contribution in [2.24, 2.45) is 0 Å². The topological polar surface area (TPSA) is 114 Å². The molecular weight excluding hydrogens is 392 g/mol. The maximum absolute atomic E-state index is 12.7. The Morgan fingerprint density at radius 3 is 2.93 bits per heavy atom. The third-order valence-electron chi connectivity index (χ3n) is 4.44. The summed E-state index contributed by atoms with van der Waals surface area (Å²) in [6.45, 7) is 3.00. The van der Waals surface area contributed by atoms with Gasteiger partial charge in [0, 0.05) is 17.5 Å². The minimum atomic E-state index is -0.509. The molecule has 2 aromatic heterocycles. The third-order valence-corrected chi connectivity index (χ3v) is 6.69. The minimum absolute atomic E-state index is 0.0300. The standard InChI is InChI=1S/C16H16N4O5S2/c1-2-25-16(22)19-6-5-8-10(7-19)27-15-12(8)14(21)17-13(18-15)9-3-4-11(26-9)20(23)24/h3-4,13,18H,2,5-7H2,1H3,(H,17,21). The number of fused-ring (bicyclic) bond motifs is 3. The molecule has 2 aromatic rings. The van der Waals surface area contributed by atoms with E-state index in [0.717, 1.165) is 26.8 Å². The molecule has 2 aliphatic heterocycles. The van der Waals surface area contributed by atoms with Gasteiger partial charge >= 0.3 is 11.1 Å². The highest BCUT2D eigenvalue weighted by Gasteiger charge is 2.35. The van der Waals surface area contributed by atoms with Crippen LogP contribution in [0.3, 0.4) is 0 Å². The Kier molecular flexibility index (Phi) is 4.48. The van der Waals surface area contributed by atoms with E-state index < -0.39 is 11.1 Å². The number of carbonyl (C=O) groups excluding carboxylic acids is 2. The molecule has 2 aliphatic rings. The molecule has 0 spiro atoms. The van der Waals surface area contributed by atoms with Crippen molar-refractivity contribution < 1.29 is 19.2 Å². The third kappa shape index (κ3) is 3.12. The first kappa shape index (κ1) is 17.7. The predicted molar refractivity (Wildman–Crippen MR) is 100 cm³/mol. The Morgan fingerprint density at radius 2 is 2.22 bits per heavy atom. The zero-order valence-electron chi connectivity index (χ0n) is 14.3. The zero-order chi connectivity index (χ0) is 19.1. The van der Waals surface area contributed by atoms with Gasteiger partial charge in [-0.3, -0.25) is 14.9 Å². The summed E-state index contributed by atoms with van der Waals surface area (Å²) in [7, 11) is 0. The van der Waals surface area contributed by atoms with Crippen LogP contribution in [-0.2, 0) is 17.7 Å². The Balaban J connectivity index is 1.58. The quantitative estimate of drug-likeness (QED) is 0.596. The van der Waals surface area contributed by atoms with E-state index in [-0.39, 0.29) is 17.0 Å². The molecule has 0 saturated heterocycles. The van der Waals surface area contributed by atoms with Crippen molar-refractivity contribution in [3.05, 3.63) is 43.1 Å². The highest BCUT2D eigenvalue weighted by molar-refractivity contribution is 7.17. The van der Waals surface area contributed by atoms with Gasteiger partial charge in [-0.05, 0) is 25.0 Å². The Morgan fingerprint density at radius 1 is 1.41 bits per heavy atom. The van der Waals surface area contributed by atoms with Crippen molar-refractivity contribution >= 4 is 44.7 Å². The Bertz CT molecular complexity index is 937. The molecule has 142 valence electrons. The van der Waals surface area contributed by atoms with Gasteiger partial charge in [0.25, 0.3) is 5.91 Å². The maximum Gasteiger partial charge on any atom is 0.410 e. The van der Waals surface area contributed by atoms with Gasteiger partial charge in [0.05, 0.1) is 28.5 Å². The lowest BCUT2D eigenvalue weighted by Gasteiger charge is -2.27. The molecule has 1 atom stereocenters. The fourth-order valence-electron chi connectivity index (χ4n) is 3.22. The first-order valence-electron chi connectivity index (χ1n) is 8.35. The normalized spacial score (nSPS) is 18.2. The molecule has 2 N–H and O–H groups in total. The first-order valence-corrected chi connectivity index (χ1v) is 9.99. The summed E-state index contributed by atoms with van der Waals surface area (Å²) in [5.41, 5.74) is 1.57. The van der Waals surface area contributed by atoms with Gasteiger partial charge in [-0.1, -0.05) is 11.3 Å². The monoisotopic (exact) mass is 408 g/mol. The number of hydrogen-bond donors (Lipinski definition) is 2. The summed E-state index contributed by atoms with van der Waals surface area (Å²) in [4.78, 5) is 38.4. The SMILES string of the molecule is CCOC(=O)N1CCc2c(sc3c2C(=O)NC(c2ccc([N+](=O)[O-])s2)N3)C1. The number of hydrogen-bond acceptors (Lipinski definition) is 8. The number of amides is 2. The van der Waals surface area contributed by atoms with Crippen molar-refractivity contribution in [3.8, 4) is 0 Å². The maximum atomic E-state index is 12.7. The second-order valence-corrected chi connectivity index (χ2v) is 8.26. The average molecular weight is 408 g/mol. The summed E-state index contributed by atoms with van der Waals surface area (Å²) in [5, 5.41) is 17.8. The average Bonchev–Trinajstić information content (AvgIpc) is 3.26. The van der Waals surface area contributed by atoms with E-state index in [0.29, 0.717) is 36.6 Å². The summed E-state index contributed by atoms with van der Waals surface area (Å²) < 4.78 is 5.06. The van der Waals surface area contributed by atoms with Crippen LogP contribution in [0, 0.1) is 10.1 Å². The molecular formula is C16H16N4O5S2. The van der Waals surface area contributed by atoms with E-state index in [1.807, 2.05) is 0 Å². The van der Waals surface area contributed by atoms with Crippen molar-refractivity contribution in [2.75, 3.05) is 18.5 Å². The fourth-order valence-corrected chi connectivity index (χ4v) is 5.34. The largest absolute Gasteiger partial charge is 0.450 e. The number of nitro groups is 1. The molecule has 0 radical (unpaired) electrons. The second kappa shape index (κ2) is 6.82. The van der Waals surface area contributed by atoms with Crippen LogP contribution in [0.25, 0.3) is 0 Å². The molecule has 0 aliphatic carbocycles. The molecule has 1 unspecified atom stereocenters. The predicted octanol–water partition coefficient (Wildman–Crippen LogP) is 3.09. The number of thiophene rings is 2. The van der Waals surface area contributed by atoms with E-state index in [1.54, 1.807) is 17.9 Å². The lowest BCUT2D eigenvalue weighted by atomic mass is 10.0. The fraction of sp³-hybridized carbons (Fsp3) is 0.375. The van der Waals surface area contributed by atoms with Gasteiger partial charge < -0.3 is 20.3 Å². The van der Waals surface area contributed by atoms with Crippen LogP contribution in [-0.4, -0.2) is 35.0 Å². The summed E-state index contributed by atoms with van der Waals surface area (Å²) in [5.74, 6) is -0.202. The van der Waals surface area contributed by atoms with E-state index >= 15 is 0 Å². The highest BCUT2D eigenvalue weighted by atomic mass is 32.1. The highest BCUT2D eigenvalue weighted by Crippen LogP contribution is 2.42. The van der Waals surface area contributed by atoms with E-state index in [2.05, 4.69) is 10.6 Å². The van der Waals surface area contributed by atoms with Gasteiger partial charge in [-0.2, -0.15) is 0 Å². The minimum Gasteiger partial charge on any atom is -0.450 e. The van der Waals surface area contributed by atoms with Crippen molar-refractivity contribution in [1.82, 2.24) is 10.2 Å². The first-order chi connectivity index (χ1) is 13.0. The van der Waals surface area contributed by atoms with Crippen LogP contribution in [0.1, 0.15) is 38.8 Å². The molecule has 0 aromatic carbocycles. The van der Waals surface area contributed by atoms with E-state index in [9.17, 15) is 19.7 Å². The Labute approximate surface area is 162 Å². The molecule has 4 rings (SSSR count). The number of nitrogens with one attached hydrogen (secondary N) is 2. The van der Waals surface area contributed by atoms with Crippen LogP contribution in [0.5, 0.6) is 0 Å². The van der Waals surface area contributed by atoms with Crippen molar-refractivity contribution in [3.63, 3.8) is 0 Å². The lowest BCUT2D eigenvalue weighted by molar-refractivity contribution is -0.380. The van der Waals surface area contributed by atoms with Gasteiger partial charge in [0.1, 0.15) is 11.2 Å². The smallest absolute Gasteiger partial charge is 0.410 e. The lowest BCUT2D eigenvalue weighted by Crippen LogP contribution is -2.39. The van der Waals surface area contributed by atoms with Crippen LogP contribution in [0.15, 0.2) is 12.1 Å². The Hall–Kier alpha value is -2.66. The van der Waals surface area contributed by atoms with E-state index in [1.165, 1.54) is 17.4 Å². The van der Waals surface area contributed by atoms with E-state index in [4.69, 9.17) is 4.74 Å². The summed E-state index contributed by atoms with van der Waals surface area (Å²) in [6, 6.07) is 3.07. The van der Waals surface area contributed by atoms with Crippen LogP contribution < -0.4 is 10.6 Å². The van der Waals surface area contributed by atoms with Gasteiger partial charge in [0.2, 0.25) is 0 Å². The van der Waals surface area contributed by atoms with Gasteiger partial charge in [-0.15, -0.1) is 11.3 Å². The van der Waals surface area contributed by atoms with Crippen molar-refractivity contribution in [2.45, 2.75) is 26.1 Å². The van der Waals surface area contributed by atoms with Crippen molar-refractivity contribution in [1.29, 1.82) is 0 Å². The second-order valence-electron chi connectivity index (χ2n) is 6.06.